The van der Waals surface area contributed by atoms with Crippen molar-refractivity contribution in [1.29, 1.82) is 0 Å². The van der Waals surface area contributed by atoms with E-state index in [2.05, 4.69) is 62.0 Å². The van der Waals surface area contributed by atoms with Crippen LogP contribution < -0.4 is 5.32 Å². The fraction of sp³-hybridized carbons (Fsp3) is 0.500. The van der Waals surface area contributed by atoms with Crippen LogP contribution in [0, 0.1) is 3.57 Å². The molecule has 1 aromatic carbocycles. The van der Waals surface area contributed by atoms with Crippen LogP contribution in [0.5, 0.6) is 0 Å². The van der Waals surface area contributed by atoms with E-state index in [0.717, 1.165) is 4.47 Å². The summed E-state index contributed by atoms with van der Waals surface area (Å²) in [7, 11) is 0. The number of rotatable bonds is 2. The van der Waals surface area contributed by atoms with Crippen molar-refractivity contribution in [1.82, 2.24) is 0 Å². The zero-order valence-corrected chi connectivity index (χ0v) is 12.3. The minimum Gasteiger partial charge on any atom is -0.381 e. The van der Waals surface area contributed by atoms with E-state index in [1.807, 2.05) is 0 Å². The number of hydrogen-bond donors (Lipinski definition) is 1. The topological polar surface area (TPSA) is 12.0 Å². The van der Waals surface area contributed by atoms with E-state index in [1.54, 1.807) is 0 Å². The van der Waals surface area contributed by atoms with E-state index in [9.17, 15) is 0 Å². The summed E-state index contributed by atoms with van der Waals surface area (Å²) in [6.07, 6.45) is 6.81. The zero-order valence-electron chi connectivity index (χ0n) is 8.60. The lowest BCUT2D eigenvalue weighted by molar-refractivity contribution is 0.462. The summed E-state index contributed by atoms with van der Waals surface area (Å²) in [4.78, 5) is 0. The van der Waals surface area contributed by atoms with Crippen LogP contribution in [0.3, 0.4) is 0 Å². The van der Waals surface area contributed by atoms with Gasteiger partial charge in [0.2, 0.25) is 0 Å². The molecule has 0 atom stereocenters. The van der Waals surface area contributed by atoms with Gasteiger partial charge in [-0.3, -0.25) is 0 Å². The van der Waals surface area contributed by atoms with Gasteiger partial charge in [0.05, 0.1) is 0 Å². The molecule has 3 heteroatoms. The highest BCUT2D eigenvalue weighted by molar-refractivity contribution is 14.1. The van der Waals surface area contributed by atoms with Crippen molar-refractivity contribution in [3.05, 3.63) is 26.2 Å². The summed E-state index contributed by atoms with van der Waals surface area (Å²) in [6, 6.07) is 7.10. The van der Waals surface area contributed by atoms with E-state index in [0.29, 0.717) is 6.04 Å². The molecule has 1 aromatic rings. The SMILES string of the molecule is Brc1ccc(I)c(NC2CCCCC2)c1. The van der Waals surface area contributed by atoms with Gasteiger partial charge < -0.3 is 5.32 Å². The highest BCUT2D eigenvalue weighted by Gasteiger charge is 2.13. The van der Waals surface area contributed by atoms with Crippen molar-refractivity contribution in [2.75, 3.05) is 5.32 Å². The number of anilines is 1. The lowest BCUT2D eigenvalue weighted by Crippen LogP contribution is -2.22. The summed E-state index contributed by atoms with van der Waals surface area (Å²) in [5, 5.41) is 3.65. The maximum absolute atomic E-state index is 3.65. The van der Waals surface area contributed by atoms with E-state index < -0.39 is 0 Å². The molecule has 1 saturated carbocycles. The number of nitrogens with one attached hydrogen (secondary N) is 1. The Labute approximate surface area is 113 Å². The fourth-order valence-corrected chi connectivity index (χ4v) is 2.93. The van der Waals surface area contributed by atoms with E-state index in [1.165, 1.54) is 41.4 Å². The van der Waals surface area contributed by atoms with Crippen molar-refractivity contribution in [3.63, 3.8) is 0 Å². The second-order valence-corrected chi connectivity index (χ2v) is 6.18. The molecule has 1 aliphatic rings. The quantitative estimate of drug-likeness (QED) is 0.728. The molecular weight excluding hydrogens is 365 g/mol. The van der Waals surface area contributed by atoms with Crippen LogP contribution in [0.25, 0.3) is 0 Å². The molecule has 0 amide bonds. The van der Waals surface area contributed by atoms with Crippen LogP contribution in [-0.4, -0.2) is 6.04 Å². The van der Waals surface area contributed by atoms with Gasteiger partial charge in [-0.25, -0.2) is 0 Å². The monoisotopic (exact) mass is 379 g/mol. The summed E-state index contributed by atoms with van der Waals surface area (Å²) >= 11 is 5.91. The maximum Gasteiger partial charge on any atom is 0.0489 e. The van der Waals surface area contributed by atoms with E-state index in [4.69, 9.17) is 0 Å². The Balaban J connectivity index is 2.05. The van der Waals surface area contributed by atoms with Crippen molar-refractivity contribution in [2.45, 2.75) is 38.1 Å². The standard InChI is InChI=1S/C12H15BrIN/c13-9-6-7-11(14)12(8-9)15-10-4-2-1-3-5-10/h6-8,10,15H,1-5H2. The van der Waals surface area contributed by atoms with E-state index in [-0.39, 0.29) is 0 Å². The van der Waals surface area contributed by atoms with Crippen LogP contribution in [-0.2, 0) is 0 Å². The summed E-state index contributed by atoms with van der Waals surface area (Å²) in [6.45, 7) is 0. The van der Waals surface area contributed by atoms with Gasteiger partial charge in [-0.15, -0.1) is 0 Å². The number of halogens is 2. The van der Waals surface area contributed by atoms with Crippen molar-refractivity contribution in [2.24, 2.45) is 0 Å². The summed E-state index contributed by atoms with van der Waals surface area (Å²) in [5.41, 5.74) is 1.27. The first kappa shape index (κ1) is 11.7. The molecule has 82 valence electrons. The first-order valence-corrected chi connectivity index (χ1v) is 7.34. The first-order valence-electron chi connectivity index (χ1n) is 5.47. The van der Waals surface area contributed by atoms with Gasteiger partial charge in [0, 0.05) is 19.8 Å². The minimum atomic E-state index is 0.682. The molecule has 15 heavy (non-hydrogen) atoms. The molecule has 0 unspecified atom stereocenters. The third-order valence-electron chi connectivity index (χ3n) is 2.89. The highest BCUT2D eigenvalue weighted by atomic mass is 127. The average Bonchev–Trinajstić information content (AvgIpc) is 2.25. The lowest BCUT2D eigenvalue weighted by Gasteiger charge is -2.24. The van der Waals surface area contributed by atoms with Crippen LogP contribution >= 0.6 is 38.5 Å². The average molecular weight is 380 g/mol. The Hall–Kier alpha value is 0.230. The molecule has 0 spiro atoms. The Morgan fingerprint density at radius 3 is 2.67 bits per heavy atom. The van der Waals surface area contributed by atoms with Gasteiger partial charge in [-0.2, -0.15) is 0 Å². The molecule has 0 radical (unpaired) electrons. The van der Waals surface area contributed by atoms with E-state index >= 15 is 0 Å². The molecule has 1 fully saturated rings. The summed E-state index contributed by atoms with van der Waals surface area (Å²) in [5.74, 6) is 0. The zero-order chi connectivity index (χ0) is 10.7. The molecule has 0 heterocycles. The van der Waals surface area contributed by atoms with Gasteiger partial charge in [-0.1, -0.05) is 35.2 Å². The molecule has 0 aliphatic heterocycles. The molecule has 1 N–H and O–H groups in total. The fourth-order valence-electron chi connectivity index (χ4n) is 2.07. The molecular formula is C12H15BrIN. The molecule has 0 bridgehead atoms. The Bertz CT molecular complexity index is 334. The molecule has 0 saturated heterocycles. The Kier molecular flexibility index (Phi) is 4.31. The molecule has 1 nitrogen and oxygen atoms in total. The van der Waals surface area contributed by atoms with Crippen LogP contribution in [0.15, 0.2) is 22.7 Å². The van der Waals surface area contributed by atoms with Crippen LogP contribution in [0.4, 0.5) is 5.69 Å². The summed E-state index contributed by atoms with van der Waals surface area (Å²) < 4.78 is 2.46. The van der Waals surface area contributed by atoms with Gasteiger partial charge in [-0.05, 0) is 53.6 Å². The van der Waals surface area contributed by atoms with Gasteiger partial charge >= 0.3 is 0 Å². The predicted molar refractivity (Wildman–Crippen MR) is 77.4 cm³/mol. The largest absolute Gasteiger partial charge is 0.381 e. The van der Waals surface area contributed by atoms with Gasteiger partial charge in [0.15, 0.2) is 0 Å². The van der Waals surface area contributed by atoms with Gasteiger partial charge in [0.25, 0.3) is 0 Å². The predicted octanol–water partition coefficient (Wildman–Crippen LogP) is 4.80. The van der Waals surface area contributed by atoms with Crippen molar-refractivity contribution >= 4 is 44.2 Å². The highest BCUT2D eigenvalue weighted by Crippen LogP contribution is 2.27. The second kappa shape index (κ2) is 5.53. The van der Waals surface area contributed by atoms with Crippen LogP contribution in [0.1, 0.15) is 32.1 Å². The normalized spacial score (nSPS) is 17.7. The molecule has 1 aliphatic carbocycles. The smallest absolute Gasteiger partial charge is 0.0489 e. The molecule has 2 rings (SSSR count). The molecule has 0 aromatic heterocycles. The third kappa shape index (κ3) is 3.34. The lowest BCUT2D eigenvalue weighted by atomic mass is 9.95. The maximum atomic E-state index is 3.65. The number of hydrogen-bond acceptors (Lipinski definition) is 1. The second-order valence-electron chi connectivity index (χ2n) is 4.10. The Morgan fingerprint density at radius 2 is 1.93 bits per heavy atom. The third-order valence-corrected chi connectivity index (χ3v) is 4.33. The van der Waals surface area contributed by atoms with Gasteiger partial charge in [0.1, 0.15) is 0 Å². The first-order chi connectivity index (χ1) is 7.25. The minimum absolute atomic E-state index is 0.682. The number of benzene rings is 1. The van der Waals surface area contributed by atoms with Crippen molar-refractivity contribution in [3.8, 4) is 0 Å². The Morgan fingerprint density at radius 1 is 1.20 bits per heavy atom. The van der Waals surface area contributed by atoms with Crippen molar-refractivity contribution < 1.29 is 0 Å². The van der Waals surface area contributed by atoms with Crippen LogP contribution in [0.2, 0.25) is 0 Å².